The Balaban J connectivity index is 2.79. The van der Waals surface area contributed by atoms with Crippen molar-refractivity contribution in [2.45, 2.75) is 39.0 Å². The lowest BCUT2D eigenvalue weighted by molar-refractivity contribution is 1.00. The van der Waals surface area contributed by atoms with Crippen LogP contribution in [0.25, 0.3) is 0 Å². The van der Waals surface area contributed by atoms with Crippen LogP contribution in [0.2, 0.25) is 0 Å². The molecule has 2 rings (SSSR count). The highest BCUT2D eigenvalue weighted by Gasteiger charge is 2.30. The van der Waals surface area contributed by atoms with Crippen molar-refractivity contribution < 1.29 is 0 Å². The second kappa shape index (κ2) is 7.70. The van der Waals surface area contributed by atoms with Gasteiger partial charge in [0.25, 0.3) is 0 Å². The summed E-state index contributed by atoms with van der Waals surface area (Å²) < 4.78 is 5.38. The van der Waals surface area contributed by atoms with Crippen molar-refractivity contribution >= 4 is 47.1 Å². The van der Waals surface area contributed by atoms with Gasteiger partial charge in [0.05, 0.1) is 12.4 Å². The fourth-order valence-electron chi connectivity index (χ4n) is 2.53. The van der Waals surface area contributed by atoms with E-state index in [4.69, 9.17) is 28.6 Å². The van der Waals surface area contributed by atoms with Crippen LogP contribution >= 0.6 is 24.7 Å². The number of hydrogen-bond acceptors (Lipinski definition) is 1. The molecule has 0 fully saturated rings. The third-order valence-electron chi connectivity index (χ3n) is 3.98. The van der Waals surface area contributed by atoms with E-state index in [-0.39, 0.29) is 0 Å². The summed E-state index contributed by atoms with van der Waals surface area (Å²) in [5.41, 5.74) is 0.771. The fraction of sp³-hybridized carbons (Fsp3) is 0.333. The molecule has 0 unspecified atom stereocenters. The molecule has 0 amide bonds. The standard InChI is InChI=1S/C18H25NP2S2/c1-15(2)20(22,16(3)4)19-21(23,17-11-7-5-8-12-17)18-13-9-6-10-14-18/h5-16,23H,1-4H3. The van der Waals surface area contributed by atoms with Gasteiger partial charge >= 0.3 is 0 Å². The SMILES string of the molecule is CC(C)P(=S)(N=P(S)(c1ccccc1)c1ccccc1)C(C)C. The molecule has 0 atom stereocenters. The molecule has 124 valence electrons. The minimum absolute atomic E-state index is 0.386. The Morgan fingerprint density at radius 1 is 0.783 bits per heavy atom. The average molecular weight is 381 g/mol. The van der Waals surface area contributed by atoms with Crippen molar-refractivity contribution in [3.8, 4) is 0 Å². The topological polar surface area (TPSA) is 12.4 Å². The minimum atomic E-state index is -2.14. The Morgan fingerprint density at radius 2 is 1.13 bits per heavy atom. The van der Waals surface area contributed by atoms with Crippen LogP contribution < -0.4 is 10.6 Å². The number of nitrogens with zero attached hydrogens (tertiary/aromatic N) is 1. The quantitative estimate of drug-likeness (QED) is 0.503. The summed E-state index contributed by atoms with van der Waals surface area (Å²) >= 11 is 11.3. The Hall–Kier alpha value is -0.330. The second-order valence-electron chi connectivity index (χ2n) is 6.22. The van der Waals surface area contributed by atoms with E-state index < -0.39 is 12.4 Å². The van der Waals surface area contributed by atoms with Gasteiger partial charge in [-0.1, -0.05) is 100 Å². The predicted molar refractivity (Wildman–Crippen MR) is 115 cm³/mol. The molecule has 0 saturated heterocycles. The summed E-state index contributed by atoms with van der Waals surface area (Å²) in [4.78, 5) is 0. The molecule has 0 bridgehead atoms. The maximum Gasteiger partial charge on any atom is 0.0808 e. The van der Waals surface area contributed by atoms with Gasteiger partial charge in [0.1, 0.15) is 0 Å². The van der Waals surface area contributed by atoms with Gasteiger partial charge in [0.2, 0.25) is 0 Å². The molecule has 23 heavy (non-hydrogen) atoms. The molecule has 2 aromatic carbocycles. The first-order valence-electron chi connectivity index (χ1n) is 7.88. The molecule has 0 aromatic heterocycles. The lowest BCUT2D eigenvalue weighted by atomic mass is 10.4. The maximum absolute atomic E-state index is 6.12. The Morgan fingerprint density at radius 3 is 1.43 bits per heavy atom. The van der Waals surface area contributed by atoms with Crippen molar-refractivity contribution in [1.29, 1.82) is 0 Å². The zero-order chi connectivity index (χ0) is 17.1. The highest BCUT2D eigenvalue weighted by molar-refractivity contribution is 8.55. The number of thiol groups is 1. The molecule has 0 aliphatic carbocycles. The van der Waals surface area contributed by atoms with Gasteiger partial charge in [-0.3, -0.25) is 4.52 Å². The van der Waals surface area contributed by atoms with Crippen LogP contribution in [0.4, 0.5) is 0 Å². The van der Waals surface area contributed by atoms with Crippen LogP contribution in [0.5, 0.6) is 0 Å². The molecule has 0 heterocycles. The maximum atomic E-state index is 6.12. The summed E-state index contributed by atoms with van der Waals surface area (Å²) in [6.07, 6.45) is -4.02. The molecule has 0 saturated carbocycles. The van der Waals surface area contributed by atoms with Gasteiger partial charge in [-0.2, -0.15) is 0 Å². The molecule has 0 radical (unpaired) electrons. The van der Waals surface area contributed by atoms with Crippen LogP contribution in [0.15, 0.2) is 65.2 Å². The highest BCUT2D eigenvalue weighted by Crippen LogP contribution is 2.67. The van der Waals surface area contributed by atoms with Gasteiger partial charge in [-0.25, -0.2) is 0 Å². The summed E-state index contributed by atoms with van der Waals surface area (Å²) in [6.45, 7) is 8.83. The summed E-state index contributed by atoms with van der Waals surface area (Å²) in [5, 5.41) is 2.37. The Kier molecular flexibility index (Phi) is 6.36. The first kappa shape index (κ1) is 19.0. The third kappa shape index (κ3) is 4.02. The monoisotopic (exact) mass is 381 g/mol. The van der Waals surface area contributed by atoms with E-state index in [0.29, 0.717) is 11.3 Å². The van der Waals surface area contributed by atoms with Crippen LogP contribution in [0.3, 0.4) is 0 Å². The molecule has 0 aliphatic rings. The molecule has 0 spiro atoms. The average Bonchev–Trinajstić information content (AvgIpc) is 2.56. The van der Waals surface area contributed by atoms with Crippen LogP contribution in [0, 0.1) is 0 Å². The van der Waals surface area contributed by atoms with Crippen LogP contribution in [-0.2, 0) is 11.8 Å². The van der Waals surface area contributed by atoms with E-state index in [2.05, 4.69) is 76.2 Å². The van der Waals surface area contributed by atoms with Crippen molar-refractivity contribution in [3.63, 3.8) is 0 Å². The van der Waals surface area contributed by atoms with E-state index in [1.54, 1.807) is 0 Å². The van der Waals surface area contributed by atoms with Crippen molar-refractivity contribution in [2.24, 2.45) is 4.52 Å². The summed E-state index contributed by atoms with van der Waals surface area (Å²) in [5.74, 6) is 0. The third-order valence-corrected chi connectivity index (χ3v) is 16.4. The van der Waals surface area contributed by atoms with Crippen molar-refractivity contribution in [2.75, 3.05) is 0 Å². The van der Waals surface area contributed by atoms with E-state index in [9.17, 15) is 0 Å². The van der Waals surface area contributed by atoms with Gasteiger partial charge in [-0.15, -0.1) is 12.2 Å². The van der Waals surface area contributed by atoms with Gasteiger partial charge in [-0.05, 0) is 0 Å². The van der Waals surface area contributed by atoms with Gasteiger partial charge < -0.3 is 0 Å². The molecular formula is C18H25NP2S2. The van der Waals surface area contributed by atoms with Crippen molar-refractivity contribution in [1.82, 2.24) is 0 Å². The van der Waals surface area contributed by atoms with Gasteiger partial charge in [0.15, 0.2) is 0 Å². The lowest BCUT2D eigenvalue weighted by Crippen LogP contribution is -2.14. The summed E-state index contributed by atoms with van der Waals surface area (Å²) in [6, 6.07) is 20.9. The predicted octanol–water partition coefficient (Wildman–Crippen LogP) is 5.89. The van der Waals surface area contributed by atoms with Gasteiger partial charge in [0, 0.05) is 21.9 Å². The zero-order valence-electron chi connectivity index (χ0n) is 14.1. The minimum Gasteiger partial charge on any atom is -0.251 e. The molecule has 0 N–H and O–H groups in total. The molecular weight excluding hydrogens is 356 g/mol. The van der Waals surface area contributed by atoms with E-state index >= 15 is 0 Å². The largest absolute Gasteiger partial charge is 0.251 e. The van der Waals surface area contributed by atoms with Crippen LogP contribution in [0.1, 0.15) is 27.7 Å². The molecule has 1 nitrogen and oxygen atoms in total. The second-order valence-corrected chi connectivity index (χ2v) is 16.1. The molecule has 2 aromatic rings. The number of benzene rings is 2. The zero-order valence-corrected chi connectivity index (χ0v) is 17.6. The lowest BCUT2D eigenvalue weighted by Gasteiger charge is -2.31. The summed E-state index contributed by atoms with van der Waals surface area (Å²) in [7, 11) is 0. The van der Waals surface area contributed by atoms with E-state index in [1.165, 1.54) is 10.6 Å². The Bertz CT molecular complexity index is 685. The molecule has 5 heteroatoms. The fourth-order valence-corrected chi connectivity index (χ4v) is 12.8. The number of rotatable bonds is 5. The van der Waals surface area contributed by atoms with E-state index in [1.807, 2.05) is 12.1 Å². The smallest absolute Gasteiger partial charge is 0.0808 e. The van der Waals surface area contributed by atoms with E-state index in [0.717, 1.165) is 0 Å². The van der Waals surface area contributed by atoms with Crippen molar-refractivity contribution in [3.05, 3.63) is 60.7 Å². The molecule has 0 aliphatic heterocycles. The highest BCUT2D eigenvalue weighted by atomic mass is 32.7. The first-order chi connectivity index (χ1) is 10.8. The van der Waals surface area contributed by atoms with Crippen LogP contribution in [-0.4, -0.2) is 11.3 Å². The first-order valence-corrected chi connectivity index (χ1v) is 13.7. The Labute approximate surface area is 151 Å². The number of hydrogen-bond donors (Lipinski definition) is 1. The normalized spacial score (nSPS) is 12.7.